The minimum absolute atomic E-state index is 0.0771. The van der Waals surface area contributed by atoms with Gasteiger partial charge in [0.15, 0.2) is 0 Å². The number of hydrogen-bond acceptors (Lipinski definition) is 3. The Labute approximate surface area is 128 Å². The van der Waals surface area contributed by atoms with Gasteiger partial charge in [-0.05, 0) is 31.8 Å². The molecule has 1 fully saturated rings. The molecule has 0 bridgehead atoms. The molecule has 0 aromatic rings. The predicted molar refractivity (Wildman–Crippen MR) is 75.8 cm³/mol. The van der Waals surface area contributed by atoms with Gasteiger partial charge >= 0.3 is 6.18 Å². The summed E-state index contributed by atoms with van der Waals surface area (Å²) in [6.07, 6.45) is -2.82. The number of piperidine rings is 1. The van der Waals surface area contributed by atoms with E-state index in [0.717, 1.165) is 0 Å². The maximum absolute atomic E-state index is 12.3. The number of halogens is 3. The second kappa shape index (κ2) is 7.80. The molecule has 0 aliphatic carbocycles. The average molecular weight is 323 g/mol. The molecule has 2 amide bonds. The lowest BCUT2D eigenvalue weighted by Gasteiger charge is -2.32. The number of amides is 2. The van der Waals surface area contributed by atoms with Gasteiger partial charge in [0, 0.05) is 5.92 Å². The fourth-order valence-corrected chi connectivity index (χ4v) is 2.61. The Morgan fingerprint density at radius 3 is 2.27 bits per heavy atom. The summed E-state index contributed by atoms with van der Waals surface area (Å²) in [4.78, 5) is 24.9. The molecule has 0 aromatic carbocycles. The van der Waals surface area contributed by atoms with Crippen molar-refractivity contribution in [3.8, 4) is 0 Å². The molecule has 22 heavy (non-hydrogen) atoms. The van der Waals surface area contributed by atoms with Crippen LogP contribution in [0.25, 0.3) is 0 Å². The fourth-order valence-electron chi connectivity index (χ4n) is 2.61. The van der Waals surface area contributed by atoms with E-state index in [0.29, 0.717) is 19.3 Å². The minimum Gasteiger partial charge on any atom is -0.368 e. The summed E-state index contributed by atoms with van der Waals surface area (Å²) in [6, 6.07) is -0.731. The highest BCUT2D eigenvalue weighted by Gasteiger charge is 2.34. The zero-order valence-electron chi connectivity index (χ0n) is 12.9. The number of carbonyl (C=O) groups is 2. The second-order valence-corrected chi connectivity index (χ2v) is 5.94. The molecule has 1 rings (SSSR count). The number of nitrogens with one attached hydrogen (secondary N) is 1. The molecule has 0 aromatic heterocycles. The van der Waals surface area contributed by atoms with E-state index >= 15 is 0 Å². The summed E-state index contributed by atoms with van der Waals surface area (Å²) in [5.74, 6) is -1.32. The normalized spacial score (nSPS) is 20.4. The van der Waals surface area contributed by atoms with Gasteiger partial charge in [-0.3, -0.25) is 14.5 Å². The molecule has 0 spiro atoms. The topological polar surface area (TPSA) is 75.4 Å². The van der Waals surface area contributed by atoms with Crippen LogP contribution in [-0.4, -0.2) is 48.6 Å². The van der Waals surface area contributed by atoms with E-state index < -0.39 is 24.7 Å². The second-order valence-electron chi connectivity index (χ2n) is 5.94. The quantitative estimate of drug-likeness (QED) is 0.773. The monoisotopic (exact) mass is 323 g/mol. The molecule has 1 saturated heterocycles. The highest BCUT2D eigenvalue weighted by Crippen LogP contribution is 2.23. The molecular formula is C14H24F3N3O2. The summed E-state index contributed by atoms with van der Waals surface area (Å²) >= 11 is 0. The van der Waals surface area contributed by atoms with Gasteiger partial charge < -0.3 is 11.1 Å². The fraction of sp³-hybridized carbons (Fsp3) is 0.857. The van der Waals surface area contributed by atoms with Crippen LogP contribution in [0.1, 0.15) is 33.1 Å². The highest BCUT2D eigenvalue weighted by molar-refractivity contribution is 5.87. The number of nitrogens with two attached hydrogens (primary N) is 1. The molecule has 0 saturated carbocycles. The van der Waals surface area contributed by atoms with Gasteiger partial charge in [-0.2, -0.15) is 13.2 Å². The van der Waals surface area contributed by atoms with Crippen molar-refractivity contribution in [3.63, 3.8) is 0 Å². The van der Waals surface area contributed by atoms with E-state index in [9.17, 15) is 22.8 Å². The van der Waals surface area contributed by atoms with E-state index in [1.165, 1.54) is 4.90 Å². The first kappa shape index (κ1) is 18.7. The molecule has 1 aliphatic rings. The third-order valence-electron chi connectivity index (χ3n) is 4.18. The molecule has 3 N–H and O–H groups in total. The Kier molecular flexibility index (Phi) is 6.65. The van der Waals surface area contributed by atoms with Crippen molar-refractivity contribution in [2.24, 2.45) is 17.6 Å². The van der Waals surface area contributed by atoms with Crippen molar-refractivity contribution < 1.29 is 22.8 Å². The highest BCUT2D eigenvalue weighted by atomic mass is 19.4. The van der Waals surface area contributed by atoms with Gasteiger partial charge in [-0.25, -0.2) is 0 Å². The van der Waals surface area contributed by atoms with Gasteiger partial charge in [-0.15, -0.1) is 0 Å². The lowest BCUT2D eigenvalue weighted by atomic mass is 9.93. The Balaban J connectivity index is 2.50. The Morgan fingerprint density at radius 1 is 1.32 bits per heavy atom. The van der Waals surface area contributed by atoms with Crippen molar-refractivity contribution in [1.29, 1.82) is 0 Å². The first-order valence-electron chi connectivity index (χ1n) is 7.52. The summed E-state index contributed by atoms with van der Waals surface area (Å²) in [5, 5.41) is 2.65. The molecule has 5 nitrogen and oxygen atoms in total. The van der Waals surface area contributed by atoms with Crippen LogP contribution in [0.4, 0.5) is 13.2 Å². The summed E-state index contributed by atoms with van der Waals surface area (Å²) in [5.41, 5.74) is 5.30. The van der Waals surface area contributed by atoms with Crippen molar-refractivity contribution in [2.45, 2.75) is 45.3 Å². The van der Waals surface area contributed by atoms with E-state index in [2.05, 4.69) is 5.32 Å². The van der Waals surface area contributed by atoms with Crippen LogP contribution in [0.15, 0.2) is 0 Å². The van der Waals surface area contributed by atoms with Crippen LogP contribution in [0.3, 0.4) is 0 Å². The number of nitrogens with zero attached hydrogens (tertiary/aromatic N) is 1. The number of likely N-dealkylation sites (tertiary alicyclic amines) is 1. The Hall–Kier alpha value is -1.31. The number of carbonyl (C=O) groups excluding carboxylic acids is 2. The number of rotatable bonds is 6. The number of alkyl halides is 3. The SMILES string of the molecule is CCC(C)C(NC(=O)C1CCN(CC(F)(F)F)CC1)C(N)=O. The molecule has 0 radical (unpaired) electrons. The molecule has 8 heteroatoms. The van der Waals surface area contributed by atoms with E-state index in [1.54, 1.807) is 0 Å². The Bertz CT molecular complexity index is 393. The zero-order chi connectivity index (χ0) is 16.9. The molecule has 2 unspecified atom stereocenters. The van der Waals surface area contributed by atoms with E-state index in [4.69, 9.17) is 5.73 Å². The smallest absolute Gasteiger partial charge is 0.368 e. The summed E-state index contributed by atoms with van der Waals surface area (Å²) in [6.45, 7) is 3.21. The maximum Gasteiger partial charge on any atom is 0.401 e. The molecule has 128 valence electrons. The predicted octanol–water partition coefficient (Wildman–Crippen LogP) is 1.28. The first-order valence-corrected chi connectivity index (χ1v) is 7.52. The summed E-state index contributed by atoms with van der Waals surface area (Å²) < 4.78 is 36.9. The molecular weight excluding hydrogens is 299 g/mol. The minimum atomic E-state index is -4.22. The van der Waals surface area contributed by atoms with Crippen LogP contribution < -0.4 is 11.1 Å². The van der Waals surface area contributed by atoms with Crippen LogP contribution in [0, 0.1) is 11.8 Å². The Morgan fingerprint density at radius 2 is 1.86 bits per heavy atom. The van der Waals surface area contributed by atoms with Crippen molar-refractivity contribution >= 4 is 11.8 Å². The van der Waals surface area contributed by atoms with Gasteiger partial charge in [0.2, 0.25) is 11.8 Å². The van der Waals surface area contributed by atoms with Gasteiger partial charge in [0.05, 0.1) is 6.54 Å². The maximum atomic E-state index is 12.3. The zero-order valence-corrected chi connectivity index (χ0v) is 12.9. The third kappa shape index (κ3) is 5.82. The van der Waals surface area contributed by atoms with Gasteiger partial charge in [-0.1, -0.05) is 20.3 Å². The standard InChI is InChI=1S/C14H24F3N3O2/c1-3-9(2)11(12(18)21)19-13(22)10-4-6-20(7-5-10)8-14(15,16)17/h9-11H,3-8H2,1-2H3,(H2,18,21)(H,19,22). The molecule has 1 heterocycles. The largest absolute Gasteiger partial charge is 0.401 e. The van der Waals surface area contributed by atoms with Crippen molar-refractivity contribution in [3.05, 3.63) is 0 Å². The van der Waals surface area contributed by atoms with Crippen LogP contribution >= 0.6 is 0 Å². The van der Waals surface area contributed by atoms with Gasteiger partial charge in [0.25, 0.3) is 0 Å². The van der Waals surface area contributed by atoms with Crippen molar-refractivity contribution in [1.82, 2.24) is 10.2 Å². The average Bonchev–Trinajstić information content (AvgIpc) is 2.42. The van der Waals surface area contributed by atoms with Crippen LogP contribution in [-0.2, 0) is 9.59 Å². The van der Waals surface area contributed by atoms with E-state index in [1.807, 2.05) is 13.8 Å². The van der Waals surface area contributed by atoms with Crippen LogP contribution in [0.2, 0.25) is 0 Å². The first-order chi connectivity index (χ1) is 10.1. The third-order valence-corrected chi connectivity index (χ3v) is 4.18. The van der Waals surface area contributed by atoms with E-state index in [-0.39, 0.29) is 30.8 Å². The lowest BCUT2D eigenvalue weighted by Crippen LogP contribution is -2.51. The molecule has 2 atom stereocenters. The van der Waals surface area contributed by atoms with Crippen molar-refractivity contribution in [2.75, 3.05) is 19.6 Å². The number of hydrogen-bond donors (Lipinski definition) is 2. The van der Waals surface area contributed by atoms with Crippen LogP contribution in [0.5, 0.6) is 0 Å². The lowest BCUT2D eigenvalue weighted by molar-refractivity contribution is -0.150. The van der Waals surface area contributed by atoms with Gasteiger partial charge in [0.1, 0.15) is 6.04 Å². The molecule has 1 aliphatic heterocycles. The summed E-state index contributed by atoms with van der Waals surface area (Å²) in [7, 11) is 0. The number of primary amides is 1.